The first kappa shape index (κ1) is 25.5. The van der Waals surface area contributed by atoms with E-state index in [4.69, 9.17) is 4.52 Å². The molecule has 0 spiro atoms. The fourth-order valence-electron chi connectivity index (χ4n) is 5.22. The lowest BCUT2D eigenvalue weighted by atomic mass is 9.96. The molecule has 40 heavy (non-hydrogen) atoms. The van der Waals surface area contributed by atoms with Gasteiger partial charge in [0.05, 0.1) is 5.92 Å². The number of carbonyl (C=O) groups is 2. The summed E-state index contributed by atoms with van der Waals surface area (Å²) in [4.78, 5) is 37.2. The van der Waals surface area contributed by atoms with Crippen molar-refractivity contribution in [3.63, 3.8) is 0 Å². The maximum Gasteiger partial charge on any atom is 0.276 e. The van der Waals surface area contributed by atoms with Gasteiger partial charge in [-0.05, 0) is 81.0 Å². The van der Waals surface area contributed by atoms with Crippen molar-refractivity contribution in [3.8, 4) is 0 Å². The summed E-state index contributed by atoms with van der Waals surface area (Å²) < 4.78 is 5.07. The molecule has 10 nitrogen and oxygen atoms in total. The molecular weight excluding hydrogens is 506 g/mol. The lowest BCUT2D eigenvalue weighted by molar-refractivity contribution is -0.121. The molecule has 6 rings (SSSR count). The van der Waals surface area contributed by atoms with Gasteiger partial charge in [-0.25, -0.2) is 4.98 Å². The van der Waals surface area contributed by atoms with Crippen LogP contribution in [0, 0.1) is 19.8 Å². The predicted octanol–water partition coefficient (Wildman–Crippen LogP) is 5.16. The number of nitrogens with zero attached hydrogens (tertiary/aromatic N) is 4. The quantitative estimate of drug-likeness (QED) is 0.327. The van der Waals surface area contributed by atoms with Gasteiger partial charge >= 0.3 is 0 Å². The lowest BCUT2D eigenvalue weighted by Crippen LogP contribution is -2.44. The van der Waals surface area contributed by atoms with Gasteiger partial charge in [0.15, 0.2) is 5.69 Å². The van der Waals surface area contributed by atoms with E-state index in [1.165, 1.54) is 0 Å². The van der Waals surface area contributed by atoms with Gasteiger partial charge in [-0.2, -0.15) is 4.98 Å². The van der Waals surface area contributed by atoms with E-state index >= 15 is 0 Å². The molecule has 1 fully saturated rings. The highest BCUT2D eigenvalue weighted by Gasteiger charge is 2.30. The Kier molecular flexibility index (Phi) is 6.90. The molecular formula is C30H31N7O3. The number of aryl methyl sites for hydroxylation is 4. The van der Waals surface area contributed by atoms with Gasteiger partial charge in [-0.15, -0.1) is 0 Å². The van der Waals surface area contributed by atoms with Crippen LogP contribution in [0.4, 0.5) is 28.8 Å². The summed E-state index contributed by atoms with van der Waals surface area (Å²) in [6, 6.07) is 15.8. The Bertz CT molecular complexity index is 1580. The fourth-order valence-corrected chi connectivity index (χ4v) is 5.22. The average molecular weight is 538 g/mol. The van der Waals surface area contributed by atoms with Crippen molar-refractivity contribution >= 4 is 40.6 Å². The molecule has 0 radical (unpaired) electrons. The molecule has 1 atom stereocenters. The number of hydrogen-bond donors (Lipinski definition) is 3. The summed E-state index contributed by atoms with van der Waals surface area (Å²) in [5, 5.41) is 13.7. The summed E-state index contributed by atoms with van der Waals surface area (Å²) in [7, 11) is 0. The van der Waals surface area contributed by atoms with Gasteiger partial charge in [-0.3, -0.25) is 9.59 Å². The zero-order valence-corrected chi connectivity index (χ0v) is 22.5. The van der Waals surface area contributed by atoms with E-state index in [-0.39, 0.29) is 23.4 Å². The van der Waals surface area contributed by atoms with Crippen molar-refractivity contribution in [2.45, 2.75) is 39.5 Å². The zero-order chi connectivity index (χ0) is 27.6. The van der Waals surface area contributed by atoms with E-state index in [0.717, 1.165) is 59.4 Å². The molecule has 204 valence electrons. The number of piperidine rings is 1. The SMILES string of the molecule is Cc1cc(C(=O)N2CCCC(C(=O)Nc3ccc4cc3CCc3cccc(c3)Nc3ncc(C)c(n3)N4)C2)no1. The standard InChI is InChI=1S/C30H31N7O3/c1-18-16-31-30-33-23-7-3-5-20(14-23)8-9-21-15-24(32-27(18)35-30)10-11-25(21)34-28(38)22-6-4-12-37(17-22)29(39)26-13-19(2)40-36-26/h3,5,7,10-11,13-16,22H,4,6,8-9,12,17H2,1-2H3,(H,34,38)(H2,31,32,33,35). The van der Waals surface area contributed by atoms with Gasteiger partial charge < -0.3 is 25.4 Å². The minimum Gasteiger partial charge on any atom is -0.361 e. The maximum atomic E-state index is 13.5. The summed E-state index contributed by atoms with van der Waals surface area (Å²) in [6.45, 7) is 4.66. The smallest absolute Gasteiger partial charge is 0.276 e. The molecule has 4 aromatic rings. The summed E-state index contributed by atoms with van der Waals surface area (Å²) >= 11 is 0. The van der Waals surface area contributed by atoms with Crippen molar-refractivity contribution < 1.29 is 14.1 Å². The van der Waals surface area contributed by atoms with Gasteiger partial charge in [-0.1, -0.05) is 17.3 Å². The van der Waals surface area contributed by atoms with Gasteiger partial charge in [0, 0.05) is 48.0 Å². The van der Waals surface area contributed by atoms with Crippen LogP contribution in [0.2, 0.25) is 0 Å². The Labute approximate surface area is 232 Å². The second kappa shape index (κ2) is 10.8. The van der Waals surface area contributed by atoms with Crippen LogP contribution in [0.5, 0.6) is 0 Å². The van der Waals surface area contributed by atoms with Crippen molar-refractivity contribution in [2.75, 3.05) is 29.0 Å². The van der Waals surface area contributed by atoms with Crippen LogP contribution in [-0.2, 0) is 17.6 Å². The number of hydrogen-bond acceptors (Lipinski definition) is 8. The van der Waals surface area contributed by atoms with E-state index in [9.17, 15) is 9.59 Å². The number of likely N-dealkylation sites (tertiary alicyclic amines) is 1. The Morgan fingerprint density at radius 1 is 1.05 bits per heavy atom. The average Bonchev–Trinajstić information content (AvgIpc) is 3.40. The number of carbonyl (C=O) groups excluding carboxylic acids is 2. The van der Waals surface area contributed by atoms with Crippen LogP contribution in [0.25, 0.3) is 0 Å². The highest BCUT2D eigenvalue weighted by Crippen LogP contribution is 2.29. The molecule has 10 heteroatoms. The number of aromatic nitrogens is 3. The first-order valence-electron chi connectivity index (χ1n) is 13.5. The highest BCUT2D eigenvalue weighted by atomic mass is 16.5. The predicted molar refractivity (Wildman–Crippen MR) is 152 cm³/mol. The summed E-state index contributed by atoms with van der Waals surface area (Å²) in [5.41, 5.74) is 5.95. The van der Waals surface area contributed by atoms with Crippen molar-refractivity contribution in [2.24, 2.45) is 5.92 Å². The van der Waals surface area contributed by atoms with Crippen molar-refractivity contribution in [3.05, 3.63) is 82.9 Å². The second-order valence-electron chi connectivity index (χ2n) is 10.4. The largest absolute Gasteiger partial charge is 0.361 e. The number of rotatable bonds is 3. The van der Waals surface area contributed by atoms with Gasteiger partial charge in [0.25, 0.3) is 5.91 Å². The third-order valence-corrected chi connectivity index (χ3v) is 7.39. The zero-order valence-electron chi connectivity index (χ0n) is 22.5. The topological polar surface area (TPSA) is 125 Å². The molecule has 2 aliphatic rings. The van der Waals surface area contributed by atoms with E-state index in [1.807, 2.05) is 31.2 Å². The first-order chi connectivity index (χ1) is 19.4. The highest BCUT2D eigenvalue weighted by molar-refractivity contribution is 5.96. The van der Waals surface area contributed by atoms with Crippen LogP contribution in [0.15, 0.2) is 59.3 Å². The van der Waals surface area contributed by atoms with E-state index < -0.39 is 0 Å². The van der Waals surface area contributed by atoms with Crippen molar-refractivity contribution in [1.82, 2.24) is 20.0 Å². The lowest BCUT2D eigenvalue weighted by Gasteiger charge is -2.31. The third kappa shape index (κ3) is 5.51. The fraction of sp³-hybridized carbons (Fsp3) is 0.300. The summed E-state index contributed by atoms with van der Waals surface area (Å²) in [5.74, 6) is 1.21. The van der Waals surface area contributed by atoms with Crippen molar-refractivity contribution in [1.29, 1.82) is 0 Å². The molecule has 6 bridgehead atoms. The van der Waals surface area contributed by atoms with Gasteiger partial charge in [0.2, 0.25) is 11.9 Å². The first-order valence-corrected chi connectivity index (χ1v) is 13.5. The minimum absolute atomic E-state index is 0.0869. The van der Waals surface area contributed by atoms with E-state index in [0.29, 0.717) is 30.6 Å². The number of benzene rings is 2. The third-order valence-electron chi connectivity index (χ3n) is 7.39. The number of amides is 2. The maximum absolute atomic E-state index is 13.5. The normalized spacial score (nSPS) is 16.4. The monoisotopic (exact) mass is 537 g/mol. The Balaban J connectivity index is 1.24. The van der Waals surface area contributed by atoms with Crippen LogP contribution >= 0.6 is 0 Å². The molecule has 2 aromatic heterocycles. The molecule has 3 N–H and O–H groups in total. The molecule has 1 saturated heterocycles. The van der Waals surface area contributed by atoms with E-state index in [1.54, 1.807) is 24.1 Å². The number of nitrogens with one attached hydrogen (secondary N) is 3. The number of fused-ring (bicyclic) bond motifs is 6. The van der Waals surface area contributed by atoms with Crippen LogP contribution in [0.3, 0.4) is 0 Å². The molecule has 2 aliphatic heterocycles. The molecule has 2 aromatic carbocycles. The van der Waals surface area contributed by atoms with Gasteiger partial charge in [0.1, 0.15) is 11.6 Å². The Hall–Kier alpha value is -4.73. The molecule has 0 saturated carbocycles. The Morgan fingerprint density at radius 2 is 1.93 bits per heavy atom. The molecule has 2 amide bonds. The van der Waals surface area contributed by atoms with Crippen LogP contribution in [0.1, 0.15) is 45.8 Å². The molecule has 0 aliphatic carbocycles. The minimum atomic E-state index is -0.310. The molecule has 4 heterocycles. The summed E-state index contributed by atoms with van der Waals surface area (Å²) in [6.07, 6.45) is 4.79. The Morgan fingerprint density at radius 3 is 2.77 bits per heavy atom. The number of anilines is 5. The van der Waals surface area contributed by atoms with E-state index in [2.05, 4.69) is 49.3 Å². The molecule has 1 unspecified atom stereocenters. The second-order valence-corrected chi connectivity index (χ2v) is 10.4. The van der Waals surface area contributed by atoms with Crippen LogP contribution in [-0.4, -0.2) is 44.9 Å². The van der Waals surface area contributed by atoms with Crippen LogP contribution < -0.4 is 16.0 Å².